The second kappa shape index (κ2) is 2.23. The Morgan fingerprint density at radius 3 is 3.00 bits per heavy atom. The van der Waals surface area contributed by atoms with Crippen LogP contribution in [0, 0.1) is 13.2 Å². The maximum atomic E-state index is 4.88. The summed E-state index contributed by atoms with van der Waals surface area (Å²) in [6.45, 7) is 1.82. The summed E-state index contributed by atoms with van der Waals surface area (Å²) in [7, 11) is 0. The standard InChI is InChI=1S/C7H5N2O2/c1-5-6(4-10-9-5)7-2-3-8-11-7/h2-3H,1H3. The second-order valence-electron chi connectivity index (χ2n) is 2.12. The van der Waals surface area contributed by atoms with Crippen LogP contribution in [0.3, 0.4) is 0 Å². The van der Waals surface area contributed by atoms with E-state index in [9.17, 15) is 0 Å². The van der Waals surface area contributed by atoms with Gasteiger partial charge in [0.1, 0.15) is 0 Å². The molecule has 0 aliphatic heterocycles. The lowest BCUT2D eigenvalue weighted by Crippen LogP contribution is -1.74. The van der Waals surface area contributed by atoms with E-state index in [1.165, 1.54) is 0 Å². The Kier molecular flexibility index (Phi) is 1.25. The van der Waals surface area contributed by atoms with Crippen LogP contribution in [0.5, 0.6) is 0 Å². The summed E-state index contributed by atoms with van der Waals surface area (Å²) in [5.74, 6) is 0.628. The van der Waals surface area contributed by atoms with Crippen molar-refractivity contribution in [3.05, 3.63) is 24.2 Å². The largest absolute Gasteiger partial charge is 0.356 e. The summed E-state index contributed by atoms with van der Waals surface area (Å²) in [5.41, 5.74) is 1.48. The van der Waals surface area contributed by atoms with Crippen LogP contribution in [0.4, 0.5) is 0 Å². The highest BCUT2D eigenvalue weighted by molar-refractivity contribution is 5.56. The fraction of sp³-hybridized carbons (Fsp3) is 0.143. The average Bonchev–Trinajstić information content (AvgIpc) is 2.55. The Morgan fingerprint density at radius 1 is 1.55 bits per heavy atom. The van der Waals surface area contributed by atoms with Gasteiger partial charge in [0, 0.05) is 6.07 Å². The Bertz CT molecular complexity index is 337. The van der Waals surface area contributed by atoms with Gasteiger partial charge in [0.25, 0.3) is 0 Å². The topological polar surface area (TPSA) is 52.1 Å². The zero-order chi connectivity index (χ0) is 7.68. The van der Waals surface area contributed by atoms with Crippen molar-refractivity contribution in [1.82, 2.24) is 10.3 Å². The minimum Gasteiger partial charge on any atom is -0.356 e. The fourth-order valence-corrected chi connectivity index (χ4v) is 0.830. The lowest BCUT2D eigenvalue weighted by Gasteiger charge is -1.84. The number of rotatable bonds is 1. The smallest absolute Gasteiger partial charge is 0.217 e. The minimum atomic E-state index is 0.628. The lowest BCUT2D eigenvalue weighted by atomic mass is 10.2. The third-order valence-corrected chi connectivity index (χ3v) is 1.38. The van der Waals surface area contributed by atoms with Crippen LogP contribution in [0.1, 0.15) is 5.69 Å². The molecular formula is C7H5N2O2. The molecule has 0 aliphatic carbocycles. The van der Waals surface area contributed by atoms with Crippen LogP contribution in [0.25, 0.3) is 11.3 Å². The molecular weight excluding hydrogens is 144 g/mol. The minimum absolute atomic E-state index is 0.628. The normalized spacial score (nSPS) is 10.3. The molecule has 0 amide bonds. The fourth-order valence-electron chi connectivity index (χ4n) is 0.830. The molecule has 2 rings (SSSR count). The van der Waals surface area contributed by atoms with E-state index < -0.39 is 0 Å². The van der Waals surface area contributed by atoms with E-state index in [2.05, 4.69) is 21.1 Å². The Labute approximate surface area is 62.8 Å². The van der Waals surface area contributed by atoms with Gasteiger partial charge < -0.3 is 9.05 Å². The maximum absolute atomic E-state index is 4.88. The molecule has 0 saturated heterocycles. The predicted octanol–water partition coefficient (Wildman–Crippen LogP) is 1.44. The number of hydrogen-bond donors (Lipinski definition) is 0. The molecule has 0 fully saturated rings. The first kappa shape index (κ1) is 6.15. The molecule has 0 atom stereocenters. The van der Waals surface area contributed by atoms with Crippen molar-refractivity contribution in [3.8, 4) is 11.3 Å². The van der Waals surface area contributed by atoms with E-state index in [1.807, 2.05) is 6.92 Å². The highest BCUT2D eigenvalue weighted by Crippen LogP contribution is 2.20. The van der Waals surface area contributed by atoms with Gasteiger partial charge in [-0.3, -0.25) is 0 Å². The molecule has 11 heavy (non-hydrogen) atoms. The van der Waals surface area contributed by atoms with Gasteiger partial charge in [-0.15, -0.1) is 0 Å². The van der Waals surface area contributed by atoms with Crippen LogP contribution in [-0.4, -0.2) is 10.3 Å². The van der Waals surface area contributed by atoms with Crippen molar-refractivity contribution in [2.75, 3.05) is 0 Å². The Balaban J connectivity index is 2.53. The molecule has 1 radical (unpaired) electrons. The number of aryl methyl sites for hydroxylation is 1. The van der Waals surface area contributed by atoms with Gasteiger partial charge >= 0.3 is 0 Å². The van der Waals surface area contributed by atoms with Crippen molar-refractivity contribution in [2.24, 2.45) is 0 Å². The van der Waals surface area contributed by atoms with E-state index in [-0.39, 0.29) is 0 Å². The molecule has 0 unspecified atom stereocenters. The zero-order valence-electron chi connectivity index (χ0n) is 5.87. The van der Waals surface area contributed by atoms with E-state index in [0.29, 0.717) is 5.76 Å². The van der Waals surface area contributed by atoms with E-state index in [4.69, 9.17) is 4.52 Å². The predicted molar refractivity (Wildman–Crippen MR) is 35.6 cm³/mol. The molecule has 2 aromatic heterocycles. The van der Waals surface area contributed by atoms with Crippen LogP contribution >= 0.6 is 0 Å². The first-order valence-corrected chi connectivity index (χ1v) is 3.13. The van der Waals surface area contributed by atoms with Gasteiger partial charge in [0.2, 0.25) is 6.26 Å². The summed E-state index contributed by atoms with van der Waals surface area (Å²) >= 11 is 0. The second-order valence-corrected chi connectivity index (χ2v) is 2.12. The summed E-state index contributed by atoms with van der Waals surface area (Å²) < 4.78 is 9.48. The molecule has 0 saturated carbocycles. The first-order valence-electron chi connectivity index (χ1n) is 3.13. The summed E-state index contributed by atoms with van der Waals surface area (Å²) in [5, 5.41) is 7.21. The molecule has 0 aliphatic rings. The van der Waals surface area contributed by atoms with Crippen molar-refractivity contribution < 1.29 is 9.05 Å². The van der Waals surface area contributed by atoms with E-state index >= 15 is 0 Å². The van der Waals surface area contributed by atoms with E-state index in [0.717, 1.165) is 11.3 Å². The van der Waals surface area contributed by atoms with Crippen molar-refractivity contribution in [1.29, 1.82) is 0 Å². The lowest BCUT2D eigenvalue weighted by molar-refractivity contribution is 0.407. The van der Waals surface area contributed by atoms with E-state index in [1.54, 1.807) is 12.3 Å². The van der Waals surface area contributed by atoms with Gasteiger partial charge in [0.15, 0.2) is 5.76 Å². The van der Waals surface area contributed by atoms with Crippen LogP contribution in [0.2, 0.25) is 0 Å². The third kappa shape index (κ3) is 0.920. The van der Waals surface area contributed by atoms with Gasteiger partial charge in [-0.05, 0) is 6.92 Å². The number of aromatic nitrogens is 2. The maximum Gasteiger partial charge on any atom is 0.217 e. The number of nitrogens with zero attached hydrogens (tertiary/aromatic N) is 2. The van der Waals surface area contributed by atoms with Crippen LogP contribution in [0.15, 0.2) is 21.3 Å². The molecule has 4 heteroatoms. The number of hydrogen-bond acceptors (Lipinski definition) is 4. The van der Waals surface area contributed by atoms with Gasteiger partial charge in [-0.25, -0.2) is 0 Å². The molecule has 55 valence electrons. The van der Waals surface area contributed by atoms with Crippen molar-refractivity contribution >= 4 is 0 Å². The van der Waals surface area contributed by atoms with Crippen LogP contribution in [-0.2, 0) is 0 Å². The molecule has 4 nitrogen and oxygen atoms in total. The highest BCUT2D eigenvalue weighted by Gasteiger charge is 2.09. The van der Waals surface area contributed by atoms with Gasteiger partial charge in [-0.1, -0.05) is 10.3 Å². The third-order valence-electron chi connectivity index (χ3n) is 1.38. The summed E-state index contributed by atoms with van der Waals surface area (Å²) in [6.07, 6.45) is 4.15. The molecule has 2 aromatic rings. The quantitative estimate of drug-likeness (QED) is 0.615. The molecule has 0 spiro atoms. The SMILES string of the molecule is Cc1no[c]c1-c1ccno1. The average molecular weight is 149 g/mol. The van der Waals surface area contributed by atoms with Crippen molar-refractivity contribution in [3.63, 3.8) is 0 Å². The molecule has 2 heterocycles. The Morgan fingerprint density at radius 2 is 2.45 bits per heavy atom. The molecule has 0 aromatic carbocycles. The summed E-state index contributed by atoms with van der Waals surface area (Å²) in [6, 6.07) is 1.73. The zero-order valence-corrected chi connectivity index (χ0v) is 5.87. The summed E-state index contributed by atoms with van der Waals surface area (Å²) in [4.78, 5) is 0. The monoisotopic (exact) mass is 149 g/mol. The highest BCUT2D eigenvalue weighted by atomic mass is 16.5. The molecule has 0 bridgehead atoms. The van der Waals surface area contributed by atoms with Crippen molar-refractivity contribution in [2.45, 2.75) is 6.92 Å². The Hall–Kier alpha value is -1.58. The molecule has 0 N–H and O–H groups in total. The first-order chi connectivity index (χ1) is 5.38. The van der Waals surface area contributed by atoms with Crippen LogP contribution < -0.4 is 0 Å². The van der Waals surface area contributed by atoms with Gasteiger partial charge in [-0.2, -0.15) is 0 Å². The van der Waals surface area contributed by atoms with Gasteiger partial charge in [0.05, 0.1) is 17.5 Å².